The van der Waals surface area contributed by atoms with Crippen LogP contribution in [0.15, 0.2) is 24.3 Å². The monoisotopic (exact) mass is 326 g/mol. The number of nitrogens with one attached hydrogen (secondary N) is 1. The average molecular weight is 327 g/mol. The van der Waals surface area contributed by atoms with Gasteiger partial charge in [0, 0.05) is 7.05 Å². The molecule has 0 aliphatic heterocycles. The van der Waals surface area contributed by atoms with Crippen molar-refractivity contribution >= 4 is 35.1 Å². The smallest absolute Gasteiger partial charge is 0.308 e. The molecule has 1 aromatic carbocycles. The van der Waals surface area contributed by atoms with Crippen molar-refractivity contribution in [3.63, 3.8) is 0 Å². The molecule has 1 N–H and O–H groups in total. The molecular weight excluding hydrogens is 308 g/mol. The summed E-state index contributed by atoms with van der Waals surface area (Å²) < 4.78 is 4.82. The van der Waals surface area contributed by atoms with Crippen molar-refractivity contribution < 1.29 is 19.1 Å². The van der Waals surface area contributed by atoms with Gasteiger partial charge in [0.2, 0.25) is 5.91 Å². The third kappa shape index (κ3) is 5.73. The Bertz CT molecular complexity index is 560. The summed E-state index contributed by atoms with van der Waals surface area (Å²) in [7, 11) is 1.46. The maximum atomic E-state index is 11.9. The lowest BCUT2D eigenvalue weighted by atomic mass is 10.2. The minimum absolute atomic E-state index is 0.163. The summed E-state index contributed by atoms with van der Waals surface area (Å²) in [5, 5.41) is 3.02. The van der Waals surface area contributed by atoms with Gasteiger partial charge in [0.15, 0.2) is 6.61 Å². The zero-order valence-electron chi connectivity index (χ0n) is 12.8. The van der Waals surface area contributed by atoms with Crippen molar-refractivity contribution in [3.8, 4) is 0 Å². The lowest BCUT2D eigenvalue weighted by Crippen LogP contribution is -2.37. The number of nitrogens with zero attached hydrogens (tertiary/aromatic N) is 1. The SMILES string of the molecule is CC(C)C(=O)OCC(=O)N(C)CC(=O)Nc1ccccc1Cl. The molecule has 0 spiro atoms. The number of hydrogen-bond acceptors (Lipinski definition) is 4. The number of ether oxygens (including phenoxy) is 1. The van der Waals surface area contributed by atoms with Crippen LogP contribution in [0, 0.1) is 5.92 Å². The largest absolute Gasteiger partial charge is 0.455 e. The molecule has 0 aliphatic rings. The number of esters is 1. The molecule has 0 heterocycles. The van der Waals surface area contributed by atoms with Gasteiger partial charge in [0.1, 0.15) is 0 Å². The lowest BCUT2D eigenvalue weighted by molar-refractivity contribution is -0.154. The van der Waals surface area contributed by atoms with Crippen molar-refractivity contribution in [1.29, 1.82) is 0 Å². The zero-order chi connectivity index (χ0) is 16.7. The highest BCUT2D eigenvalue weighted by Gasteiger charge is 2.16. The van der Waals surface area contributed by atoms with Gasteiger partial charge in [-0.15, -0.1) is 0 Å². The Kier molecular flexibility index (Phi) is 6.85. The second-order valence-corrected chi connectivity index (χ2v) is 5.45. The highest BCUT2D eigenvalue weighted by molar-refractivity contribution is 6.33. The first kappa shape index (κ1) is 18.0. The van der Waals surface area contributed by atoms with Crippen LogP contribution < -0.4 is 5.32 Å². The fourth-order valence-electron chi connectivity index (χ4n) is 1.47. The van der Waals surface area contributed by atoms with E-state index in [1.54, 1.807) is 38.1 Å². The van der Waals surface area contributed by atoms with Crippen LogP contribution in [0.25, 0.3) is 0 Å². The van der Waals surface area contributed by atoms with Crippen molar-refractivity contribution in [2.45, 2.75) is 13.8 Å². The third-order valence-electron chi connectivity index (χ3n) is 2.76. The molecule has 120 valence electrons. The van der Waals surface area contributed by atoms with Crippen LogP contribution in [0.4, 0.5) is 5.69 Å². The van der Waals surface area contributed by atoms with E-state index in [1.165, 1.54) is 11.9 Å². The summed E-state index contributed by atoms with van der Waals surface area (Å²) in [5.74, 6) is -1.61. The molecule has 2 amide bonds. The van der Waals surface area contributed by atoms with E-state index >= 15 is 0 Å². The Hall–Kier alpha value is -2.08. The average Bonchev–Trinajstić information content (AvgIpc) is 2.46. The summed E-state index contributed by atoms with van der Waals surface area (Å²) in [6.45, 7) is 2.80. The predicted octanol–water partition coefficient (Wildman–Crippen LogP) is 1.94. The highest BCUT2D eigenvalue weighted by atomic mass is 35.5. The standard InChI is InChI=1S/C15H19ClN2O4/c1-10(2)15(21)22-9-14(20)18(3)8-13(19)17-12-7-5-4-6-11(12)16/h4-7,10H,8-9H2,1-3H3,(H,17,19). The summed E-state index contributed by atoms with van der Waals surface area (Å²) in [6, 6.07) is 6.79. The van der Waals surface area contributed by atoms with E-state index in [4.69, 9.17) is 16.3 Å². The van der Waals surface area contributed by atoms with E-state index < -0.39 is 11.9 Å². The molecule has 1 aromatic rings. The number of amides is 2. The molecule has 0 aliphatic carbocycles. The van der Waals surface area contributed by atoms with Crippen molar-refractivity contribution in [2.24, 2.45) is 5.92 Å². The van der Waals surface area contributed by atoms with Gasteiger partial charge in [-0.2, -0.15) is 0 Å². The van der Waals surface area contributed by atoms with E-state index in [0.29, 0.717) is 10.7 Å². The minimum Gasteiger partial charge on any atom is -0.455 e. The van der Waals surface area contributed by atoms with E-state index in [9.17, 15) is 14.4 Å². The molecule has 6 nitrogen and oxygen atoms in total. The molecule has 0 radical (unpaired) electrons. The summed E-state index contributed by atoms with van der Waals surface area (Å²) >= 11 is 5.93. The van der Waals surface area contributed by atoms with Crippen LogP contribution in [-0.4, -0.2) is 42.9 Å². The second kappa shape index (κ2) is 8.38. The van der Waals surface area contributed by atoms with Gasteiger partial charge in [0.05, 0.1) is 23.2 Å². The molecule has 22 heavy (non-hydrogen) atoms. The number of likely N-dealkylation sites (N-methyl/N-ethyl adjacent to an activating group) is 1. The Morgan fingerprint density at radius 2 is 1.91 bits per heavy atom. The van der Waals surface area contributed by atoms with E-state index in [1.807, 2.05) is 0 Å². The van der Waals surface area contributed by atoms with Gasteiger partial charge in [-0.3, -0.25) is 14.4 Å². The number of carbonyl (C=O) groups excluding carboxylic acids is 3. The number of anilines is 1. The van der Waals surface area contributed by atoms with Crippen LogP contribution in [0.2, 0.25) is 5.02 Å². The topological polar surface area (TPSA) is 75.7 Å². The molecule has 0 saturated heterocycles. The molecular formula is C15H19ClN2O4. The third-order valence-corrected chi connectivity index (χ3v) is 3.09. The molecule has 1 rings (SSSR count). The van der Waals surface area contributed by atoms with Crippen LogP contribution in [0.1, 0.15) is 13.8 Å². The number of para-hydroxylation sites is 1. The molecule has 0 bridgehead atoms. The van der Waals surface area contributed by atoms with Gasteiger partial charge in [-0.1, -0.05) is 37.6 Å². The number of benzene rings is 1. The van der Waals surface area contributed by atoms with Gasteiger partial charge in [0.25, 0.3) is 5.91 Å². The summed E-state index contributed by atoms with van der Waals surface area (Å²) in [5.41, 5.74) is 0.473. The van der Waals surface area contributed by atoms with Gasteiger partial charge >= 0.3 is 5.97 Å². The number of halogens is 1. The van der Waals surface area contributed by atoms with E-state index in [2.05, 4.69) is 5.32 Å². The maximum absolute atomic E-state index is 11.9. The van der Waals surface area contributed by atoms with Crippen LogP contribution in [-0.2, 0) is 19.1 Å². The number of carbonyl (C=O) groups is 3. The molecule has 0 fully saturated rings. The fourth-order valence-corrected chi connectivity index (χ4v) is 1.65. The Morgan fingerprint density at radius 1 is 1.27 bits per heavy atom. The van der Waals surface area contributed by atoms with Gasteiger partial charge < -0.3 is 15.0 Å². The Labute approximate surface area is 134 Å². The number of rotatable bonds is 6. The minimum atomic E-state index is -0.456. The zero-order valence-corrected chi connectivity index (χ0v) is 13.5. The van der Waals surface area contributed by atoms with E-state index in [-0.39, 0.29) is 25.0 Å². The van der Waals surface area contributed by atoms with E-state index in [0.717, 1.165) is 0 Å². The molecule has 0 unspecified atom stereocenters. The first-order valence-electron chi connectivity index (χ1n) is 6.76. The molecule has 0 saturated carbocycles. The number of hydrogen-bond donors (Lipinski definition) is 1. The Balaban J connectivity index is 2.45. The molecule has 0 atom stereocenters. The highest BCUT2D eigenvalue weighted by Crippen LogP contribution is 2.20. The van der Waals surface area contributed by atoms with Gasteiger partial charge in [-0.25, -0.2) is 0 Å². The lowest BCUT2D eigenvalue weighted by Gasteiger charge is -2.17. The molecule has 7 heteroatoms. The van der Waals surface area contributed by atoms with Crippen LogP contribution in [0.5, 0.6) is 0 Å². The molecule has 0 aromatic heterocycles. The van der Waals surface area contributed by atoms with Crippen LogP contribution in [0.3, 0.4) is 0 Å². The maximum Gasteiger partial charge on any atom is 0.308 e. The predicted molar refractivity (Wildman–Crippen MR) is 83.5 cm³/mol. The Morgan fingerprint density at radius 3 is 2.50 bits per heavy atom. The fraction of sp³-hybridized carbons (Fsp3) is 0.400. The second-order valence-electron chi connectivity index (χ2n) is 5.04. The normalized spacial score (nSPS) is 10.2. The summed E-state index contributed by atoms with van der Waals surface area (Å²) in [4.78, 5) is 36.1. The van der Waals surface area contributed by atoms with Crippen LogP contribution >= 0.6 is 11.6 Å². The van der Waals surface area contributed by atoms with Crippen molar-refractivity contribution in [1.82, 2.24) is 4.90 Å². The van der Waals surface area contributed by atoms with Crippen molar-refractivity contribution in [2.75, 3.05) is 25.5 Å². The first-order chi connectivity index (χ1) is 10.3. The van der Waals surface area contributed by atoms with Gasteiger partial charge in [-0.05, 0) is 12.1 Å². The quantitative estimate of drug-likeness (QED) is 0.811. The summed E-state index contributed by atoms with van der Waals surface area (Å²) in [6.07, 6.45) is 0. The first-order valence-corrected chi connectivity index (χ1v) is 7.14. The van der Waals surface area contributed by atoms with Crippen molar-refractivity contribution in [3.05, 3.63) is 29.3 Å².